The number of nitrogens with one attached hydrogen (secondary N) is 1. The molecule has 2 aliphatic rings. The normalized spacial score (nSPS) is 28.2. The quantitative estimate of drug-likeness (QED) is 0.816. The Morgan fingerprint density at radius 1 is 1.27 bits per heavy atom. The first-order valence-electron chi connectivity index (χ1n) is 8.50. The van der Waals surface area contributed by atoms with Crippen molar-refractivity contribution in [3.8, 4) is 0 Å². The van der Waals surface area contributed by atoms with Crippen LogP contribution < -0.4 is 5.32 Å². The highest BCUT2D eigenvalue weighted by Gasteiger charge is 2.40. The third-order valence-electron chi connectivity index (χ3n) is 4.90. The molecule has 2 fully saturated rings. The second-order valence-electron chi connectivity index (χ2n) is 7.96. The maximum absolute atomic E-state index is 12.2. The van der Waals surface area contributed by atoms with Crippen LogP contribution in [0.5, 0.6) is 0 Å². The van der Waals surface area contributed by atoms with Gasteiger partial charge in [-0.1, -0.05) is 27.7 Å². The third-order valence-corrected chi connectivity index (χ3v) is 4.90. The van der Waals surface area contributed by atoms with Gasteiger partial charge in [0, 0.05) is 30.6 Å². The molecule has 1 aliphatic heterocycles. The van der Waals surface area contributed by atoms with Crippen LogP contribution in [0.1, 0.15) is 53.4 Å². The molecule has 3 unspecified atom stereocenters. The Labute approximate surface area is 133 Å². The van der Waals surface area contributed by atoms with Crippen molar-refractivity contribution in [2.24, 2.45) is 17.3 Å². The van der Waals surface area contributed by atoms with E-state index >= 15 is 0 Å². The SMILES string of the molecule is CCC(C1CC1)N1CC(NC(=O)C(C)(C)C)CC(C(=O)O)C1. The number of amides is 1. The van der Waals surface area contributed by atoms with Crippen LogP contribution in [0.2, 0.25) is 0 Å². The number of hydrogen-bond donors (Lipinski definition) is 2. The molecule has 0 aromatic heterocycles. The van der Waals surface area contributed by atoms with Gasteiger partial charge in [0.05, 0.1) is 5.92 Å². The zero-order valence-electron chi connectivity index (χ0n) is 14.3. The summed E-state index contributed by atoms with van der Waals surface area (Å²) in [4.78, 5) is 26.0. The number of nitrogens with zero attached hydrogens (tertiary/aromatic N) is 1. The van der Waals surface area contributed by atoms with Gasteiger partial charge in [0.1, 0.15) is 0 Å². The maximum Gasteiger partial charge on any atom is 0.307 e. The summed E-state index contributed by atoms with van der Waals surface area (Å²) in [6.07, 6.45) is 4.10. The lowest BCUT2D eigenvalue weighted by Gasteiger charge is -2.41. The van der Waals surface area contributed by atoms with Gasteiger partial charge in [-0.3, -0.25) is 14.5 Å². The number of carboxylic acids is 1. The number of carboxylic acid groups (broad SMARTS) is 1. The number of carbonyl (C=O) groups excluding carboxylic acids is 1. The summed E-state index contributed by atoms with van der Waals surface area (Å²) in [7, 11) is 0. The van der Waals surface area contributed by atoms with Crippen LogP contribution in [0.4, 0.5) is 0 Å². The Bertz CT molecular complexity index is 426. The van der Waals surface area contributed by atoms with Crippen molar-refractivity contribution in [2.75, 3.05) is 13.1 Å². The molecule has 5 nitrogen and oxygen atoms in total. The molecule has 1 heterocycles. The highest BCUT2D eigenvalue weighted by Crippen LogP contribution is 2.38. The second-order valence-corrected chi connectivity index (χ2v) is 7.96. The van der Waals surface area contributed by atoms with E-state index in [1.165, 1.54) is 12.8 Å². The monoisotopic (exact) mass is 310 g/mol. The standard InChI is InChI=1S/C17H30N2O3/c1-5-14(11-6-7-11)19-9-12(15(20)21)8-13(10-19)18-16(22)17(2,3)4/h11-14H,5-10H2,1-4H3,(H,18,22)(H,20,21). The summed E-state index contributed by atoms with van der Waals surface area (Å²) < 4.78 is 0. The Balaban J connectivity index is 2.06. The zero-order chi connectivity index (χ0) is 16.5. The molecule has 1 saturated carbocycles. The average Bonchev–Trinajstić information content (AvgIpc) is 3.23. The van der Waals surface area contributed by atoms with Gasteiger partial charge in [0.2, 0.25) is 5.91 Å². The summed E-state index contributed by atoms with van der Waals surface area (Å²) >= 11 is 0. The summed E-state index contributed by atoms with van der Waals surface area (Å²) in [6, 6.07) is 0.408. The first-order chi connectivity index (χ1) is 10.2. The minimum absolute atomic E-state index is 0.00274. The fraction of sp³-hybridized carbons (Fsp3) is 0.882. The zero-order valence-corrected chi connectivity index (χ0v) is 14.3. The Morgan fingerprint density at radius 2 is 1.91 bits per heavy atom. The molecule has 5 heteroatoms. The van der Waals surface area contributed by atoms with Gasteiger partial charge >= 0.3 is 5.97 Å². The second kappa shape index (κ2) is 6.57. The summed E-state index contributed by atoms with van der Waals surface area (Å²) in [5.41, 5.74) is -0.443. The molecule has 1 amide bonds. The van der Waals surface area contributed by atoms with Crippen LogP contribution in [0.3, 0.4) is 0 Å². The van der Waals surface area contributed by atoms with Crippen molar-refractivity contribution < 1.29 is 14.7 Å². The van der Waals surface area contributed by atoms with Crippen LogP contribution in [0, 0.1) is 17.3 Å². The number of carbonyl (C=O) groups is 2. The molecular weight excluding hydrogens is 280 g/mol. The molecule has 2 N–H and O–H groups in total. The van der Waals surface area contributed by atoms with Gasteiger partial charge < -0.3 is 10.4 Å². The number of rotatable bonds is 5. The molecule has 2 rings (SSSR count). The first kappa shape index (κ1) is 17.3. The van der Waals surface area contributed by atoms with Gasteiger partial charge in [0.25, 0.3) is 0 Å². The molecule has 126 valence electrons. The minimum Gasteiger partial charge on any atom is -0.481 e. The fourth-order valence-corrected chi connectivity index (χ4v) is 3.46. The third kappa shape index (κ3) is 4.22. The number of likely N-dealkylation sites (tertiary alicyclic amines) is 1. The molecule has 0 spiro atoms. The minimum atomic E-state index is -0.745. The van der Waals surface area contributed by atoms with Gasteiger partial charge in [-0.05, 0) is 31.6 Å². The molecule has 0 radical (unpaired) electrons. The molecule has 22 heavy (non-hydrogen) atoms. The number of hydrogen-bond acceptors (Lipinski definition) is 3. The molecule has 0 bridgehead atoms. The Kier molecular flexibility index (Phi) is 5.15. The van der Waals surface area contributed by atoms with Crippen molar-refractivity contribution in [2.45, 2.75) is 65.5 Å². The van der Waals surface area contributed by atoms with Gasteiger partial charge in [-0.25, -0.2) is 0 Å². The maximum atomic E-state index is 12.2. The van der Waals surface area contributed by atoms with Crippen LogP contribution in [-0.2, 0) is 9.59 Å². The van der Waals surface area contributed by atoms with E-state index in [1.807, 2.05) is 20.8 Å². The van der Waals surface area contributed by atoms with Crippen LogP contribution in [0.25, 0.3) is 0 Å². The Morgan fingerprint density at radius 3 is 2.36 bits per heavy atom. The van der Waals surface area contributed by atoms with E-state index < -0.39 is 11.4 Å². The summed E-state index contributed by atoms with van der Waals surface area (Å²) in [6.45, 7) is 9.23. The molecule has 1 aliphatic carbocycles. The molecule has 1 saturated heterocycles. The predicted molar refractivity (Wildman–Crippen MR) is 85.5 cm³/mol. The molecule has 0 aromatic rings. The molecule has 3 atom stereocenters. The smallest absolute Gasteiger partial charge is 0.307 e. The lowest BCUT2D eigenvalue weighted by molar-refractivity contribution is -0.145. The van der Waals surface area contributed by atoms with E-state index in [0.29, 0.717) is 19.0 Å². The molecular formula is C17H30N2O3. The molecule has 0 aromatic carbocycles. The van der Waals surface area contributed by atoms with E-state index in [1.54, 1.807) is 0 Å². The van der Waals surface area contributed by atoms with Gasteiger partial charge in [-0.2, -0.15) is 0 Å². The number of piperidine rings is 1. The fourth-order valence-electron chi connectivity index (χ4n) is 3.46. The van der Waals surface area contributed by atoms with Crippen molar-refractivity contribution in [3.63, 3.8) is 0 Å². The average molecular weight is 310 g/mol. The van der Waals surface area contributed by atoms with E-state index in [0.717, 1.165) is 18.9 Å². The van der Waals surface area contributed by atoms with Gasteiger partial charge in [-0.15, -0.1) is 0 Å². The van der Waals surface area contributed by atoms with Crippen molar-refractivity contribution >= 4 is 11.9 Å². The Hall–Kier alpha value is -1.10. The van der Waals surface area contributed by atoms with E-state index in [-0.39, 0.29) is 17.9 Å². The lowest BCUT2D eigenvalue weighted by atomic mass is 9.90. The highest BCUT2D eigenvalue weighted by molar-refractivity contribution is 5.81. The summed E-state index contributed by atoms with van der Waals surface area (Å²) in [5.74, 6) is -0.406. The highest BCUT2D eigenvalue weighted by atomic mass is 16.4. The largest absolute Gasteiger partial charge is 0.481 e. The van der Waals surface area contributed by atoms with Crippen LogP contribution >= 0.6 is 0 Å². The number of aliphatic carboxylic acids is 1. The van der Waals surface area contributed by atoms with E-state index in [2.05, 4.69) is 17.1 Å². The lowest BCUT2D eigenvalue weighted by Crippen LogP contribution is -2.56. The van der Waals surface area contributed by atoms with Gasteiger partial charge in [0.15, 0.2) is 0 Å². The van der Waals surface area contributed by atoms with Crippen LogP contribution in [-0.4, -0.2) is 47.1 Å². The van der Waals surface area contributed by atoms with Crippen LogP contribution in [0.15, 0.2) is 0 Å². The van der Waals surface area contributed by atoms with E-state index in [4.69, 9.17) is 0 Å². The first-order valence-corrected chi connectivity index (χ1v) is 8.50. The predicted octanol–water partition coefficient (Wildman–Crippen LogP) is 2.11. The van der Waals surface area contributed by atoms with Crippen molar-refractivity contribution in [1.29, 1.82) is 0 Å². The van der Waals surface area contributed by atoms with Crippen molar-refractivity contribution in [3.05, 3.63) is 0 Å². The summed E-state index contributed by atoms with van der Waals surface area (Å²) in [5, 5.41) is 12.5. The van der Waals surface area contributed by atoms with E-state index in [9.17, 15) is 14.7 Å². The van der Waals surface area contributed by atoms with Crippen molar-refractivity contribution in [1.82, 2.24) is 10.2 Å². The topological polar surface area (TPSA) is 69.6 Å².